The first-order valence-corrected chi connectivity index (χ1v) is 13.3. The highest BCUT2D eigenvalue weighted by atomic mass is 16.1. The number of piperidine rings is 1. The molecule has 0 saturated carbocycles. The van der Waals surface area contributed by atoms with Crippen molar-refractivity contribution in [1.29, 1.82) is 5.26 Å². The summed E-state index contributed by atoms with van der Waals surface area (Å²) in [7, 11) is 0. The summed E-state index contributed by atoms with van der Waals surface area (Å²) < 4.78 is 2.10. The summed E-state index contributed by atoms with van der Waals surface area (Å²) in [5.41, 5.74) is 5.36. The van der Waals surface area contributed by atoms with E-state index in [4.69, 9.17) is 5.26 Å². The first kappa shape index (κ1) is 25.4. The van der Waals surface area contributed by atoms with Gasteiger partial charge in [-0.25, -0.2) is 4.98 Å². The molecule has 6 heteroatoms. The average Bonchev–Trinajstić information content (AvgIpc) is 3.41. The van der Waals surface area contributed by atoms with Crippen molar-refractivity contribution in [3.63, 3.8) is 0 Å². The number of hydrogen-bond acceptors (Lipinski definition) is 4. The molecule has 1 atom stereocenters. The number of imidazole rings is 1. The van der Waals surface area contributed by atoms with Gasteiger partial charge in [-0.1, -0.05) is 72.8 Å². The maximum atomic E-state index is 13.2. The maximum absolute atomic E-state index is 13.2. The Morgan fingerprint density at radius 3 is 2.34 bits per heavy atom. The van der Waals surface area contributed by atoms with Crippen molar-refractivity contribution in [2.75, 3.05) is 19.6 Å². The largest absolute Gasteiger partial charge is 0.355 e. The van der Waals surface area contributed by atoms with Crippen molar-refractivity contribution in [3.05, 3.63) is 125 Å². The van der Waals surface area contributed by atoms with Crippen molar-refractivity contribution in [2.24, 2.45) is 5.92 Å². The molecule has 192 valence electrons. The zero-order valence-corrected chi connectivity index (χ0v) is 21.5. The van der Waals surface area contributed by atoms with E-state index in [1.807, 2.05) is 48.9 Å². The molecule has 6 nitrogen and oxygen atoms in total. The number of amides is 1. The van der Waals surface area contributed by atoms with E-state index in [0.29, 0.717) is 18.7 Å². The molecule has 0 aliphatic carbocycles. The van der Waals surface area contributed by atoms with Crippen molar-refractivity contribution in [3.8, 4) is 6.07 Å². The van der Waals surface area contributed by atoms with Crippen LogP contribution in [-0.4, -0.2) is 40.0 Å². The summed E-state index contributed by atoms with van der Waals surface area (Å²) in [6.45, 7) is 2.99. The molecule has 1 fully saturated rings. The number of carbonyl (C=O) groups is 1. The van der Waals surface area contributed by atoms with E-state index in [-0.39, 0.29) is 17.9 Å². The van der Waals surface area contributed by atoms with Gasteiger partial charge in [0.2, 0.25) is 5.91 Å². The average molecular weight is 504 g/mol. The summed E-state index contributed by atoms with van der Waals surface area (Å²) in [6, 6.07) is 31.1. The van der Waals surface area contributed by atoms with Crippen LogP contribution in [-0.2, 0) is 17.8 Å². The molecule has 1 saturated heterocycles. The van der Waals surface area contributed by atoms with Crippen LogP contribution in [0.4, 0.5) is 0 Å². The number of aromatic nitrogens is 2. The highest BCUT2D eigenvalue weighted by Crippen LogP contribution is 2.32. The van der Waals surface area contributed by atoms with Gasteiger partial charge in [-0.2, -0.15) is 5.26 Å². The van der Waals surface area contributed by atoms with Gasteiger partial charge in [-0.05, 0) is 48.2 Å². The maximum Gasteiger partial charge on any atom is 0.224 e. The third kappa shape index (κ3) is 6.19. The van der Waals surface area contributed by atoms with Crippen molar-refractivity contribution in [1.82, 2.24) is 19.8 Å². The number of likely N-dealkylation sites (tertiary alicyclic amines) is 1. The normalized spacial score (nSPS) is 15.7. The number of nitriles is 1. The summed E-state index contributed by atoms with van der Waals surface area (Å²) in [6.07, 6.45) is 6.32. The van der Waals surface area contributed by atoms with Crippen LogP contribution in [0.3, 0.4) is 0 Å². The lowest BCUT2D eigenvalue weighted by atomic mass is 9.91. The third-order valence-corrected chi connectivity index (χ3v) is 7.33. The first-order valence-electron chi connectivity index (χ1n) is 13.3. The quantitative estimate of drug-likeness (QED) is 0.350. The molecule has 2 heterocycles. The SMILES string of the molecule is N#Cc1ccc(Cn2cncc2CCNC(=O)C2CCCN(C(c3ccccc3)c3ccccc3)C2)cc1. The smallest absolute Gasteiger partial charge is 0.224 e. The van der Waals surface area contributed by atoms with Crippen LogP contribution in [0.5, 0.6) is 0 Å². The van der Waals surface area contributed by atoms with Gasteiger partial charge in [0.05, 0.1) is 29.9 Å². The van der Waals surface area contributed by atoms with E-state index in [9.17, 15) is 4.79 Å². The van der Waals surface area contributed by atoms with E-state index >= 15 is 0 Å². The fraction of sp³-hybridized carbons (Fsp3) is 0.281. The molecular weight excluding hydrogens is 470 g/mol. The minimum absolute atomic E-state index is 0.0257. The van der Waals surface area contributed by atoms with Crippen LogP contribution in [0.2, 0.25) is 0 Å². The Hall–Kier alpha value is -4.21. The Balaban J connectivity index is 1.19. The van der Waals surface area contributed by atoms with Gasteiger partial charge in [0.25, 0.3) is 0 Å². The highest BCUT2D eigenvalue weighted by Gasteiger charge is 2.31. The minimum atomic E-state index is -0.0257. The van der Waals surface area contributed by atoms with Gasteiger partial charge < -0.3 is 9.88 Å². The molecule has 1 amide bonds. The van der Waals surface area contributed by atoms with E-state index < -0.39 is 0 Å². The van der Waals surface area contributed by atoms with E-state index in [1.165, 1.54) is 11.1 Å². The zero-order chi connectivity index (χ0) is 26.2. The van der Waals surface area contributed by atoms with Crippen LogP contribution in [0.25, 0.3) is 0 Å². The van der Waals surface area contributed by atoms with E-state index in [1.54, 1.807) is 0 Å². The molecule has 1 N–H and O–H groups in total. The molecule has 1 aliphatic heterocycles. The monoisotopic (exact) mass is 503 g/mol. The lowest BCUT2D eigenvalue weighted by molar-refractivity contribution is -0.126. The number of nitrogens with zero attached hydrogens (tertiary/aromatic N) is 4. The Labute approximate surface area is 224 Å². The Morgan fingerprint density at radius 2 is 1.68 bits per heavy atom. The molecule has 0 bridgehead atoms. The van der Waals surface area contributed by atoms with Crippen LogP contribution >= 0.6 is 0 Å². The Bertz CT molecular complexity index is 1320. The molecule has 1 aromatic heterocycles. The van der Waals surface area contributed by atoms with E-state index in [2.05, 4.69) is 74.4 Å². The van der Waals surface area contributed by atoms with Crippen LogP contribution in [0.1, 0.15) is 46.8 Å². The van der Waals surface area contributed by atoms with Crippen LogP contribution in [0.15, 0.2) is 97.5 Å². The van der Waals surface area contributed by atoms with Crippen molar-refractivity contribution in [2.45, 2.75) is 31.8 Å². The van der Waals surface area contributed by atoms with Crippen LogP contribution < -0.4 is 5.32 Å². The molecule has 1 aliphatic rings. The number of benzene rings is 3. The van der Waals surface area contributed by atoms with E-state index in [0.717, 1.165) is 43.6 Å². The summed E-state index contributed by atoms with van der Waals surface area (Å²) in [5.74, 6) is 0.106. The first-order chi connectivity index (χ1) is 18.7. The van der Waals surface area contributed by atoms with Crippen molar-refractivity contribution >= 4 is 5.91 Å². The van der Waals surface area contributed by atoms with Gasteiger partial charge in [0, 0.05) is 37.9 Å². The second-order valence-electron chi connectivity index (χ2n) is 9.92. The molecule has 0 spiro atoms. The second kappa shape index (κ2) is 12.4. The summed E-state index contributed by atoms with van der Waals surface area (Å²) >= 11 is 0. The van der Waals surface area contributed by atoms with Gasteiger partial charge in [0.1, 0.15) is 0 Å². The highest BCUT2D eigenvalue weighted by molar-refractivity contribution is 5.79. The molecular formula is C32H33N5O. The summed E-state index contributed by atoms with van der Waals surface area (Å²) in [4.78, 5) is 20.0. The number of nitrogens with one attached hydrogen (secondary N) is 1. The minimum Gasteiger partial charge on any atom is -0.355 e. The molecule has 5 rings (SSSR count). The summed E-state index contributed by atoms with van der Waals surface area (Å²) in [5, 5.41) is 12.2. The molecule has 38 heavy (non-hydrogen) atoms. The number of carbonyl (C=O) groups excluding carboxylic acids is 1. The van der Waals surface area contributed by atoms with Gasteiger partial charge in [-0.3, -0.25) is 9.69 Å². The molecule has 1 unspecified atom stereocenters. The third-order valence-electron chi connectivity index (χ3n) is 7.33. The standard InChI is InChI=1S/C32H33N5O/c33-20-25-13-15-26(16-14-25)22-37-24-34-21-30(37)17-18-35-32(38)29-12-7-19-36(23-29)31(27-8-3-1-4-9-27)28-10-5-2-6-11-28/h1-6,8-11,13-16,21,24,29,31H,7,12,17-19,22-23H2,(H,35,38). The lowest BCUT2D eigenvalue weighted by Crippen LogP contribution is -2.45. The topological polar surface area (TPSA) is 74.0 Å². The zero-order valence-electron chi connectivity index (χ0n) is 21.5. The predicted octanol–water partition coefficient (Wildman–Crippen LogP) is 4.96. The fourth-order valence-electron chi connectivity index (χ4n) is 5.38. The molecule has 4 aromatic rings. The Morgan fingerprint density at radius 1 is 1.00 bits per heavy atom. The number of rotatable bonds is 9. The van der Waals surface area contributed by atoms with Crippen molar-refractivity contribution < 1.29 is 4.79 Å². The molecule has 0 radical (unpaired) electrons. The Kier molecular flexibility index (Phi) is 8.27. The predicted molar refractivity (Wildman–Crippen MR) is 148 cm³/mol. The van der Waals surface area contributed by atoms with Crippen LogP contribution in [0, 0.1) is 17.2 Å². The number of hydrogen-bond donors (Lipinski definition) is 1. The molecule has 3 aromatic carbocycles. The van der Waals surface area contributed by atoms with Gasteiger partial charge in [0.15, 0.2) is 0 Å². The van der Waals surface area contributed by atoms with Gasteiger partial charge >= 0.3 is 0 Å². The van der Waals surface area contributed by atoms with Gasteiger partial charge in [-0.15, -0.1) is 0 Å². The fourth-order valence-corrected chi connectivity index (χ4v) is 5.38. The lowest BCUT2D eigenvalue weighted by Gasteiger charge is -2.38. The second-order valence-corrected chi connectivity index (χ2v) is 9.92.